The summed E-state index contributed by atoms with van der Waals surface area (Å²) in [6.07, 6.45) is 0. The molecule has 0 aliphatic heterocycles. The van der Waals surface area contributed by atoms with E-state index in [0.717, 1.165) is 10.4 Å². The summed E-state index contributed by atoms with van der Waals surface area (Å²) < 4.78 is 0.657. The van der Waals surface area contributed by atoms with E-state index in [2.05, 4.69) is 26.4 Å². The predicted octanol–water partition coefficient (Wildman–Crippen LogP) is 3.47. The standard InChI is InChI=1S/C14H14BrN3O2S/c1-7-5-12(21-8(7)2)14(19)17-11-4-3-9(6-10(11)15)13(16)18-20/h3-6,20H,1-2H3,(H2,16,18)(H,17,19). The molecule has 0 spiro atoms. The number of amides is 1. The van der Waals surface area contributed by atoms with Gasteiger partial charge >= 0.3 is 0 Å². The topological polar surface area (TPSA) is 87.7 Å². The molecule has 0 saturated heterocycles. The molecule has 0 fully saturated rings. The second-order valence-electron chi connectivity index (χ2n) is 4.48. The van der Waals surface area contributed by atoms with Crippen LogP contribution in [-0.4, -0.2) is 17.0 Å². The van der Waals surface area contributed by atoms with Gasteiger partial charge in [-0.3, -0.25) is 4.79 Å². The maximum atomic E-state index is 12.2. The van der Waals surface area contributed by atoms with Crippen molar-refractivity contribution in [3.63, 3.8) is 0 Å². The Kier molecular flexibility index (Phi) is 4.64. The SMILES string of the molecule is Cc1cc(C(=O)Nc2ccc(/C(N)=N/O)cc2Br)sc1C. The number of rotatable bonds is 3. The molecule has 1 aromatic carbocycles. The summed E-state index contributed by atoms with van der Waals surface area (Å²) in [5, 5.41) is 14.4. The van der Waals surface area contributed by atoms with Crippen molar-refractivity contribution < 1.29 is 10.0 Å². The van der Waals surface area contributed by atoms with Crippen molar-refractivity contribution in [3.05, 3.63) is 49.6 Å². The minimum Gasteiger partial charge on any atom is -0.409 e. The average Bonchev–Trinajstić information content (AvgIpc) is 2.80. The first-order valence-corrected chi connectivity index (χ1v) is 7.69. The van der Waals surface area contributed by atoms with E-state index >= 15 is 0 Å². The molecule has 7 heteroatoms. The maximum Gasteiger partial charge on any atom is 0.265 e. The van der Waals surface area contributed by atoms with Crippen molar-refractivity contribution in [1.29, 1.82) is 0 Å². The molecule has 5 nitrogen and oxygen atoms in total. The molecule has 4 N–H and O–H groups in total. The molecule has 2 aromatic rings. The highest BCUT2D eigenvalue weighted by Gasteiger charge is 2.13. The smallest absolute Gasteiger partial charge is 0.265 e. The summed E-state index contributed by atoms with van der Waals surface area (Å²) in [4.78, 5) is 14.0. The van der Waals surface area contributed by atoms with Crippen LogP contribution in [0.1, 0.15) is 25.7 Å². The van der Waals surface area contributed by atoms with Crippen LogP contribution in [0, 0.1) is 13.8 Å². The lowest BCUT2D eigenvalue weighted by atomic mass is 10.2. The molecule has 21 heavy (non-hydrogen) atoms. The first-order chi connectivity index (χ1) is 9.92. The largest absolute Gasteiger partial charge is 0.409 e. The number of aryl methyl sites for hydroxylation is 2. The van der Waals surface area contributed by atoms with Gasteiger partial charge in [-0.25, -0.2) is 0 Å². The minimum atomic E-state index is -0.159. The van der Waals surface area contributed by atoms with Crippen LogP contribution in [0.4, 0.5) is 5.69 Å². The molecule has 110 valence electrons. The number of carbonyl (C=O) groups excluding carboxylic acids is 1. The van der Waals surface area contributed by atoms with Crippen LogP contribution in [0.15, 0.2) is 33.9 Å². The Morgan fingerprint density at radius 2 is 2.10 bits per heavy atom. The lowest BCUT2D eigenvalue weighted by molar-refractivity contribution is 0.103. The molecule has 0 atom stereocenters. The number of anilines is 1. The fourth-order valence-corrected chi connectivity index (χ4v) is 3.11. The van der Waals surface area contributed by atoms with Gasteiger partial charge in [0, 0.05) is 14.9 Å². The Morgan fingerprint density at radius 1 is 1.38 bits per heavy atom. The molecule has 1 aromatic heterocycles. The van der Waals surface area contributed by atoms with Crippen LogP contribution < -0.4 is 11.1 Å². The molecule has 2 rings (SSSR count). The summed E-state index contributed by atoms with van der Waals surface area (Å²) in [7, 11) is 0. The quantitative estimate of drug-likeness (QED) is 0.336. The Hall–Kier alpha value is -1.86. The Labute approximate surface area is 134 Å². The van der Waals surface area contributed by atoms with Gasteiger partial charge in [0.15, 0.2) is 5.84 Å². The number of hydrogen-bond acceptors (Lipinski definition) is 4. The monoisotopic (exact) mass is 367 g/mol. The molecule has 1 amide bonds. The zero-order valence-corrected chi connectivity index (χ0v) is 13.9. The third-order valence-corrected chi connectivity index (χ3v) is 4.82. The summed E-state index contributed by atoms with van der Waals surface area (Å²) in [5.74, 6) is -0.147. The van der Waals surface area contributed by atoms with E-state index in [4.69, 9.17) is 10.9 Å². The Balaban J connectivity index is 2.22. The molecular formula is C14H14BrN3O2S. The zero-order valence-electron chi connectivity index (χ0n) is 11.5. The lowest BCUT2D eigenvalue weighted by Crippen LogP contribution is -2.14. The number of nitrogens with two attached hydrogens (primary N) is 1. The van der Waals surface area contributed by atoms with Crippen molar-refractivity contribution in [3.8, 4) is 0 Å². The highest BCUT2D eigenvalue weighted by Crippen LogP contribution is 2.26. The van der Waals surface area contributed by atoms with E-state index < -0.39 is 0 Å². The van der Waals surface area contributed by atoms with Gasteiger partial charge in [-0.05, 0) is 59.6 Å². The van der Waals surface area contributed by atoms with Gasteiger partial charge < -0.3 is 16.3 Å². The Bertz CT molecular complexity index is 706. The number of halogens is 1. The molecule has 0 radical (unpaired) electrons. The van der Waals surface area contributed by atoms with Gasteiger partial charge in [-0.1, -0.05) is 5.16 Å². The first-order valence-electron chi connectivity index (χ1n) is 6.08. The Morgan fingerprint density at radius 3 is 2.62 bits per heavy atom. The van der Waals surface area contributed by atoms with Crippen LogP contribution in [-0.2, 0) is 0 Å². The van der Waals surface area contributed by atoms with Gasteiger partial charge in [-0.2, -0.15) is 0 Å². The van der Waals surface area contributed by atoms with E-state index in [1.807, 2.05) is 19.9 Å². The molecule has 0 aliphatic carbocycles. The average molecular weight is 368 g/mol. The second-order valence-corrected chi connectivity index (χ2v) is 6.59. The van der Waals surface area contributed by atoms with E-state index in [9.17, 15) is 4.79 Å². The van der Waals surface area contributed by atoms with Crippen molar-refractivity contribution in [2.45, 2.75) is 13.8 Å². The number of hydrogen-bond donors (Lipinski definition) is 3. The van der Waals surface area contributed by atoms with E-state index in [-0.39, 0.29) is 11.7 Å². The van der Waals surface area contributed by atoms with Crippen LogP contribution in [0.3, 0.4) is 0 Å². The summed E-state index contributed by atoms with van der Waals surface area (Å²) in [6.45, 7) is 3.96. The summed E-state index contributed by atoms with van der Waals surface area (Å²) in [6, 6.07) is 6.91. The van der Waals surface area contributed by atoms with E-state index in [0.29, 0.717) is 20.6 Å². The third-order valence-electron chi connectivity index (χ3n) is 3.01. The number of benzene rings is 1. The number of nitrogens with one attached hydrogen (secondary N) is 1. The van der Waals surface area contributed by atoms with E-state index in [1.165, 1.54) is 11.3 Å². The van der Waals surface area contributed by atoms with Crippen molar-refractivity contribution in [2.75, 3.05) is 5.32 Å². The lowest BCUT2D eigenvalue weighted by Gasteiger charge is -2.08. The summed E-state index contributed by atoms with van der Waals surface area (Å²) in [5.41, 5.74) is 7.81. The normalized spacial score (nSPS) is 11.5. The molecule has 0 bridgehead atoms. The number of thiophene rings is 1. The van der Waals surface area contributed by atoms with Crippen LogP contribution in [0.2, 0.25) is 0 Å². The third kappa shape index (κ3) is 3.43. The fourth-order valence-electron chi connectivity index (χ4n) is 1.70. The van der Waals surface area contributed by atoms with E-state index in [1.54, 1.807) is 18.2 Å². The highest BCUT2D eigenvalue weighted by atomic mass is 79.9. The van der Waals surface area contributed by atoms with Gasteiger partial charge in [0.05, 0.1) is 10.6 Å². The van der Waals surface area contributed by atoms with Gasteiger partial charge in [0.25, 0.3) is 5.91 Å². The van der Waals surface area contributed by atoms with Crippen molar-refractivity contribution in [2.24, 2.45) is 10.9 Å². The highest BCUT2D eigenvalue weighted by molar-refractivity contribution is 9.10. The van der Waals surface area contributed by atoms with Crippen LogP contribution in [0.5, 0.6) is 0 Å². The number of carbonyl (C=O) groups is 1. The van der Waals surface area contributed by atoms with Gasteiger partial charge in [-0.15, -0.1) is 11.3 Å². The zero-order chi connectivity index (χ0) is 15.6. The maximum absolute atomic E-state index is 12.2. The van der Waals surface area contributed by atoms with Gasteiger partial charge in [0.2, 0.25) is 0 Å². The van der Waals surface area contributed by atoms with Crippen LogP contribution in [0.25, 0.3) is 0 Å². The number of nitrogens with zero attached hydrogens (tertiary/aromatic N) is 1. The predicted molar refractivity (Wildman–Crippen MR) is 88.4 cm³/mol. The van der Waals surface area contributed by atoms with Gasteiger partial charge in [0.1, 0.15) is 0 Å². The fraction of sp³-hybridized carbons (Fsp3) is 0.143. The minimum absolute atomic E-state index is 0.0121. The first kappa shape index (κ1) is 15.5. The molecule has 0 saturated carbocycles. The van der Waals surface area contributed by atoms with Crippen LogP contribution >= 0.6 is 27.3 Å². The second kappa shape index (κ2) is 6.28. The van der Waals surface area contributed by atoms with Crippen molar-refractivity contribution in [1.82, 2.24) is 0 Å². The van der Waals surface area contributed by atoms with Crippen molar-refractivity contribution >= 4 is 44.7 Å². The number of oxime groups is 1. The molecular weight excluding hydrogens is 354 g/mol. The molecule has 0 aliphatic rings. The number of amidine groups is 1. The summed E-state index contributed by atoms with van der Waals surface area (Å²) >= 11 is 4.82. The molecule has 0 unspecified atom stereocenters. The molecule has 1 heterocycles.